The molecule has 1 amide bonds. The highest BCUT2D eigenvalue weighted by Crippen LogP contribution is 2.20. The maximum atomic E-state index is 13.9. The van der Waals surface area contributed by atoms with Crippen molar-refractivity contribution in [1.82, 2.24) is 9.21 Å². The topological polar surface area (TPSA) is 57.7 Å². The number of carbonyl (C=O) groups excluding carboxylic acids is 1. The summed E-state index contributed by atoms with van der Waals surface area (Å²) in [5, 5.41) is 0.460. The highest BCUT2D eigenvalue weighted by molar-refractivity contribution is 7.89. The van der Waals surface area contributed by atoms with Gasteiger partial charge in [0, 0.05) is 31.2 Å². The second-order valence-corrected chi connectivity index (χ2v) is 8.36. The highest BCUT2D eigenvalue weighted by atomic mass is 35.5. The van der Waals surface area contributed by atoms with Gasteiger partial charge in [0.25, 0.3) is 5.91 Å². The summed E-state index contributed by atoms with van der Waals surface area (Å²) in [7, 11) is -3.66. The van der Waals surface area contributed by atoms with Crippen molar-refractivity contribution in [2.24, 2.45) is 0 Å². The summed E-state index contributed by atoms with van der Waals surface area (Å²) in [5.74, 6) is -0.999. The van der Waals surface area contributed by atoms with E-state index in [0.29, 0.717) is 24.5 Å². The van der Waals surface area contributed by atoms with Gasteiger partial charge in [-0.25, -0.2) is 12.8 Å². The third-order valence-electron chi connectivity index (χ3n) is 4.30. The molecule has 5 nitrogen and oxygen atoms in total. The molecule has 26 heavy (non-hydrogen) atoms. The monoisotopic (exact) mass is 396 g/mol. The Bertz CT molecular complexity index is 903. The Balaban J connectivity index is 1.75. The van der Waals surface area contributed by atoms with Crippen molar-refractivity contribution < 1.29 is 17.6 Å². The highest BCUT2D eigenvalue weighted by Gasteiger charge is 2.29. The Labute approximate surface area is 157 Å². The first-order valence-corrected chi connectivity index (χ1v) is 10.0. The van der Waals surface area contributed by atoms with E-state index in [0.717, 1.165) is 0 Å². The van der Waals surface area contributed by atoms with Crippen LogP contribution in [0.5, 0.6) is 0 Å². The van der Waals surface area contributed by atoms with Crippen LogP contribution >= 0.6 is 11.6 Å². The fraction of sp³-hybridized carbons (Fsp3) is 0.278. The number of amides is 1. The van der Waals surface area contributed by atoms with Crippen molar-refractivity contribution in [3.63, 3.8) is 0 Å². The van der Waals surface area contributed by atoms with Crippen LogP contribution in [0.1, 0.15) is 16.8 Å². The van der Waals surface area contributed by atoms with Crippen LogP contribution in [0.4, 0.5) is 4.39 Å². The van der Waals surface area contributed by atoms with Crippen molar-refractivity contribution in [3.05, 3.63) is 64.9 Å². The molecule has 1 saturated heterocycles. The lowest BCUT2D eigenvalue weighted by molar-refractivity contribution is 0.0759. The number of benzene rings is 2. The molecule has 0 aromatic heterocycles. The second-order valence-electron chi connectivity index (χ2n) is 5.98. The maximum Gasteiger partial charge on any atom is 0.256 e. The Morgan fingerprint density at radius 1 is 0.962 bits per heavy atom. The Morgan fingerprint density at radius 3 is 2.35 bits per heavy atom. The minimum Gasteiger partial charge on any atom is -0.337 e. The van der Waals surface area contributed by atoms with Crippen molar-refractivity contribution in [3.8, 4) is 0 Å². The molecule has 0 atom stereocenters. The summed E-state index contributed by atoms with van der Waals surface area (Å²) >= 11 is 5.82. The van der Waals surface area contributed by atoms with E-state index in [9.17, 15) is 17.6 Å². The van der Waals surface area contributed by atoms with Crippen LogP contribution in [-0.4, -0.2) is 49.7 Å². The second kappa shape index (κ2) is 7.73. The maximum absolute atomic E-state index is 13.9. The van der Waals surface area contributed by atoms with E-state index in [2.05, 4.69) is 0 Å². The van der Waals surface area contributed by atoms with E-state index in [1.54, 1.807) is 6.07 Å². The van der Waals surface area contributed by atoms with Crippen LogP contribution in [0, 0.1) is 5.82 Å². The van der Waals surface area contributed by atoms with Crippen LogP contribution in [0.15, 0.2) is 53.4 Å². The number of halogens is 2. The fourth-order valence-electron chi connectivity index (χ4n) is 2.90. The van der Waals surface area contributed by atoms with Crippen molar-refractivity contribution in [1.29, 1.82) is 0 Å². The predicted octanol–water partition coefficient (Wildman–Crippen LogP) is 3.02. The first kappa shape index (κ1) is 18.8. The Morgan fingerprint density at radius 2 is 1.65 bits per heavy atom. The fourth-order valence-corrected chi connectivity index (χ4v) is 4.49. The molecule has 0 N–H and O–H groups in total. The van der Waals surface area contributed by atoms with Crippen molar-refractivity contribution in [2.75, 3.05) is 26.2 Å². The van der Waals surface area contributed by atoms with Gasteiger partial charge in [-0.1, -0.05) is 23.7 Å². The van der Waals surface area contributed by atoms with E-state index in [1.165, 1.54) is 51.7 Å². The summed E-state index contributed by atoms with van der Waals surface area (Å²) in [6, 6.07) is 11.8. The number of hydrogen-bond donors (Lipinski definition) is 0. The molecule has 1 aliphatic rings. The van der Waals surface area contributed by atoms with Gasteiger partial charge in [0.1, 0.15) is 5.82 Å². The molecule has 0 unspecified atom stereocenters. The molecular weight excluding hydrogens is 379 g/mol. The Kier molecular flexibility index (Phi) is 5.60. The molecule has 0 radical (unpaired) electrons. The van der Waals surface area contributed by atoms with E-state index in [-0.39, 0.29) is 23.5 Å². The van der Waals surface area contributed by atoms with Gasteiger partial charge in [-0.2, -0.15) is 4.31 Å². The first-order chi connectivity index (χ1) is 12.4. The van der Waals surface area contributed by atoms with Gasteiger partial charge in [0.15, 0.2) is 0 Å². The minimum atomic E-state index is -3.66. The molecule has 0 bridgehead atoms. The zero-order valence-corrected chi connectivity index (χ0v) is 15.5. The van der Waals surface area contributed by atoms with Crippen molar-refractivity contribution in [2.45, 2.75) is 11.3 Å². The van der Waals surface area contributed by atoms with E-state index in [1.807, 2.05) is 0 Å². The third-order valence-corrected chi connectivity index (χ3v) is 6.46. The van der Waals surface area contributed by atoms with Crippen LogP contribution in [0.25, 0.3) is 0 Å². The van der Waals surface area contributed by atoms with E-state index < -0.39 is 21.7 Å². The molecule has 2 aromatic carbocycles. The molecule has 2 aromatic rings. The lowest BCUT2D eigenvalue weighted by Gasteiger charge is -2.22. The molecule has 0 spiro atoms. The smallest absolute Gasteiger partial charge is 0.256 e. The van der Waals surface area contributed by atoms with Crippen LogP contribution in [-0.2, 0) is 10.0 Å². The third kappa shape index (κ3) is 3.90. The van der Waals surface area contributed by atoms with Gasteiger partial charge >= 0.3 is 0 Å². The van der Waals surface area contributed by atoms with Gasteiger partial charge in [0.2, 0.25) is 10.0 Å². The molecular formula is C18H18ClFN2O3S. The predicted molar refractivity (Wildman–Crippen MR) is 97.1 cm³/mol. The number of hydrogen-bond acceptors (Lipinski definition) is 3. The average Bonchev–Trinajstić information content (AvgIpc) is 2.89. The molecule has 0 saturated carbocycles. The van der Waals surface area contributed by atoms with Gasteiger partial charge in [-0.05, 0) is 42.8 Å². The largest absolute Gasteiger partial charge is 0.337 e. The molecule has 3 rings (SSSR count). The lowest BCUT2D eigenvalue weighted by Crippen LogP contribution is -2.37. The van der Waals surface area contributed by atoms with Gasteiger partial charge in [-0.15, -0.1) is 0 Å². The lowest BCUT2D eigenvalue weighted by atomic mass is 10.2. The minimum absolute atomic E-state index is 0.00140. The first-order valence-electron chi connectivity index (χ1n) is 8.19. The van der Waals surface area contributed by atoms with Gasteiger partial charge < -0.3 is 4.90 Å². The molecule has 1 aliphatic heterocycles. The summed E-state index contributed by atoms with van der Waals surface area (Å²) in [4.78, 5) is 14.2. The number of rotatable bonds is 3. The van der Waals surface area contributed by atoms with Crippen LogP contribution in [0.3, 0.4) is 0 Å². The molecule has 1 heterocycles. The summed E-state index contributed by atoms with van der Waals surface area (Å²) in [6.07, 6.45) is 0.479. The molecule has 138 valence electrons. The normalized spacial score (nSPS) is 16.3. The number of nitrogens with zero attached hydrogens (tertiary/aromatic N) is 2. The SMILES string of the molecule is O=C(c1ccccc1F)N1CCCN(S(=O)(=O)c2ccc(Cl)cc2)CC1. The zero-order valence-electron chi connectivity index (χ0n) is 13.9. The zero-order chi connectivity index (χ0) is 18.7. The van der Waals surface area contributed by atoms with Gasteiger partial charge in [0.05, 0.1) is 10.5 Å². The number of sulfonamides is 1. The molecule has 1 fully saturated rings. The molecule has 0 aliphatic carbocycles. The van der Waals surface area contributed by atoms with Crippen LogP contribution in [0.2, 0.25) is 5.02 Å². The summed E-state index contributed by atoms with van der Waals surface area (Å²) in [6.45, 7) is 1.04. The summed E-state index contributed by atoms with van der Waals surface area (Å²) in [5.41, 5.74) is 0.00140. The molecule has 8 heteroatoms. The number of carbonyl (C=O) groups is 1. The van der Waals surface area contributed by atoms with Crippen LogP contribution < -0.4 is 0 Å². The van der Waals surface area contributed by atoms with Crippen molar-refractivity contribution >= 4 is 27.5 Å². The Hall–Kier alpha value is -1.96. The van der Waals surface area contributed by atoms with Gasteiger partial charge in [-0.3, -0.25) is 4.79 Å². The summed E-state index contributed by atoms with van der Waals surface area (Å²) < 4.78 is 40.7. The standard InChI is InChI=1S/C18H18ClFN2O3S/c19-14-6-8-15(9-7-14)26(24,25)22-11-3-10-21(12-13-22)18(23)16-4-1-2-5-17(16)20/h1-2,4-9H,3,10-13H2. The van der Waals surface area contributed by atoms with E-state index in [4.69, 9.17) is 11.6 Å². The average molecular weight is 397 g/mol. The van der Waals surface area contributed by atoms with E-state index >= 15 is 0 Å². The quantitative estimate of drug-likeness (QED) is 0.801.